The molecule has 1 unspecified atom stereocenters. The fourth-order valence-electron chi connectivity index (χ4n) is 2.83. The highest BCUT2D eigenvalue weighted by atomic mass is 16.6. The van der Waals surface area contributed by atoms with Crippen LogP contribution in [0.15, 0.2) is 22.6 Å². The Hall–Kier alpha value is -2.11. The van der Waals surface area contributed by atoms with Crippen LogP contribution in [0.4, 0.5) is 11.7 Å². The lowest BCUT2D eigenvalue weighted by molar-refractivity contribution is -0.384. The molecular weight excluding hydrogens is 258 g/mol. The lowest BCUT2D eigenvalue weighted by Crippen LogP contribution is -2.30. The van der Waals surface area contributed by atoms with Gasteiger partial charge in [-0.15, -0.1) is 0 Å². The third-order valence-electron chi connectivity index (χ3n) is 4.14. The summed E-state index contributed by atoms with van der Waals surface area (Å²) >= 11 is 0. The number of nitrogens with one attached hydrogen (secondary N) is 1. The van der Waals surface area contributed by atoms with E-state index >= 15 is 0 Å². The average molecular weight is 275 g/mol. The van der Waals surface area contributed by atoms with Gasteiger partial charge < -0.3 is 9.73 Å². The van der Waals surface area contributed by atoms with E-state index in [2.05, 4.69) is 24.1 Å². The van der Waals surface area contributed by atoms with Crippen LogP contribution in [-0.2, 0) is 0 Å². The molecule has 0 aliphatic heterocycles. The molecule has 1 aromatic carbocycles. The van der Waals surface area contributed by atoms with Crippen LogP contribution in [0.5, 0.6) is 0 Å². The lowest BCUT2D eigenvalue weighted by atomic mass is 9.87. The van der Waals surface area contributed by atoms with Gasteiger partial charge in [0.05, 0.1) is 4.92 Å². The minimum Gasteiger partial charge on any atom is -0.424 e. The Labute approximate surface area is 116 Å². The minimum atomic E-state index is -0.429. The first-order chi connectivity index (χ1) is 9.45. The number of anilines is 1. The quantitative estimate of drug-likeness (QED) is 0.681. The van der Waals surface area contributed by atoms with Gasteiger partial charge in [-0.05, 0) is 24.3 Å². The summed E-state index contributed by atoms with van der Waals surface area (Å²) in [6.07, 6.45) is 3.46. The average Bonchev–Trinajstić information content (AvgIpc) is 2.92. The molecule has 1 N–H and O–H groups in total. The molecule has 20 heavy (non-hydrogen) atoms. The maximum Gasteiger partial charge on any atom is 0.295 e. The van der Waals surface area contributed by atoms with E-state index in [9.17, 15) is 10.1 Å². The zero-order chi connectivity index (χ0) is 14.3. The summed E-state index contributed by atoms with van der Waals surface area (Å²) in [5.41, 5.74) is 1.32. The van der Waals surface area contributed by atoms with Crippen molar-refractivity contribution in [1.82, 2.24) is 4.98 Å². The number of aromatic nitrogens is 1. The number of fused-ring (bicyclic) bond motifs is 1. The zero-order valence-corrected chi connectivity index (χ0v) is 11.5. The van der Waals surface area contributed by atoms with Gasteiger partial charge in [0.1, 0.15) is 5.52 Å². The number of nitro groups is 1. The van der Waals surface area contributed by atoms with Crippen LogP contribution in [0, 0.1) is 15.5 Å². The Morgan fingerprint density at radius 3 is 2.95 bits per heavy atom. The topological polar surface area (TPSA) is 81.2 Å². The van der Waals surface area contributed by atoms with Gasteiger partial charge in [-0.3, -0.25) is 10.1 Å². The molecule has 3 rings (SSSR count). The largest absolute Gasteiger partial charge is 0.424 e. The van der Waals surface area contributed by atoms with E-state index in [-0.39, 0.29) is 11.1 Å². The van der Waals surface area contributed by atoms with Gasteiger partial charge >= 0.3 is 0 Å². The second-order valence-electron chi connectivity index (χ2n) is 6.01. The summed E-state index contributed by atoms with van der Waals surface area (Å²) < 4.78 is 5.61. The fraction of sp³-hybridized carbons (Fsp3) is 0.500. The second-order valence-corrected chi connectivity index (χ2v) is 6.01. The first-order valence-corrected chi connectivity index (χ1v) is 6.77. The maximum atomic E-state index is 10.7. The molecule has 6 heteroatoms. The van der Waals surface area contributed by atoms with Gasteiger partial charge in [-0.25, -0.2) is 0 Å². The number of hydrogen-bond donors (Lipinski definition) is 1. The van der Waals surface area contributed by atoms with Crippen molar-refractivity contribution in [3.8, 4) is 0 Å². The van der Waals surface area contributed by atoms with Crippen molar-refractivity contribution < 1.29 is 9.34 Å². The van der Waals surface area contributed by atoms with Crippen LogP contribution >= 0.6 is 0 Å². The summed E-state index contributed by atoms with van der Waals surface area (Å²) in [7, 11) is 0. The Bertz CT molecular complexity index is 663. The highest BCUT2D eigenvalue weighted by Crippen LogP contribution is 2.39. The van der Waals surface area contributed by atoms with Crippen molar-refractivity contribution in [2.45, 2.75) is 39.2 Å². The van der Waals surface area contributed by atoms with Crippen molar-refractivity contribution in [3.63, 3.8) is 0 Å². The molecule has 0 amide bonds. The van der Waals surface area contributed by atoms with Gasteiger partial charge in [0.15, 0.2) is 5.58 Å². The molecule has 0 spiro atoms. The number of nitrogens with zero attached hydrogens (tertiary/aromatic N) is 2. The summed E-state index contributed by atoms with van der Waals surface area (Å²) in [5.74, 6) is 0. The van der Waals surface area contributed by atoms with Crippen molar-refractivity contribution in [3.05, 3.63) is 28.3 Å². The number of non-ortho nitro benzene ring substituents is 1. The van der Waals surface area contributed by atoms with E-state index < -0.39 is 4.92 Å². The van der Waals surface area contributed by atoms with Gasteiger partial charge in [-0.2, -0.15) is 4.98 Å². The molecule has 1 aromatic heterocycles. The van der Waals surface area contributed by atoms with E-state index in [0.29, 0.717) is 23.2 Å². The summed E-state index contributed by atoms with van der Waals surface area (Å²) in [6, 6.07) is 5.22. The summed E-state index contributed by atoms with van der Waals surface area (Å²) in [4.78, 5) is 14.6. The van der Waals surface area contributed by atoms with Crippen molar-refractivity contribution in [1.29, 1.82) is 0 Å². The molecule has 0 saturated heterocycles. The molecule has 2 aromatic rings. The number of rotatable bonds is 3. The van der Waals surface area contributed by atoms with Crippen LogP contribution in [-0.4, -0.2) is 15.9 Å². The molecule has 1 heterocycles. The molecule has 1 aliphatic rings. The normalized spacial score (nSPS) is 21.2. The van der Waals surface area contributed by atoms with Crippen molar-refractivity contribution >= 4 is 22.8 Å². The van der Waals surface area contributed by atoms with Crippen LogP contribution in [0.2, 0.25) is 0 Å². The van der Waals surface area contributed by atoms with Crippen LogP contribution in [0.1, 0.15) is 33.1 Å². The Morgan fingerprint density at radius 1 is 1.50 bits per heavy atom. The number of hydrogen-bond acceptors (Lipinski definition) is 5. The monoisotopic (exact) mass is 275 g/mol. The predicted octanol–water partition coefficient (Wildman–Crippen LogP) is 3.73. The highest BCUT2D eigenvalue weighted by Gasteiger charge is 2.35. The van der Waals surface area contributed by atoms with Gasteiger partial charge in [0, 0.05) is 18.2 Å². The summed E-state index contributed by atoms with van der Waals surface area (Å²) in [5, 5.41) is 14.1. The van der Waals surface area contributed by atoms with E-state index in [1.807, 2.05) is 0 Å². The zero-order valence-electron chi connectivity index (χ0n) is 11.5. The smallest absolute Gasteiger partial charge is 0.295 e. The first-order valence-electron chi connectivity index (χ1n) is 6.77. The van der Waals surface area contributed by atoms with Crippen molar-refractivity contribution in [2.24, 2.45) is 5.41 Å². The maximum absolute atomic E-state index is 10.7. The highest BCUT2D eigenvalue weighted by molar-refractivity contribution is 5.77. The number of oxazole rings is 1. The minimum absolute atomic E-state index is 0.0264. The van der Waals surface area contributed by atoms with E-state index in [1.165, 1.54) is 25.0 Å². The third kappa shape index (κ3) is 2.21. The van der Waals surface area contributed by atoms with E-state index in [4.69, 9.17) is 4.42 Å². The molecule has 1 aliphatic carbocycles. The van der Waals surface area contributed by atoms with Gasteiger partial charge in [-0.1, -0.05) is 20.3 Å². The predicted molar refractivity (Wildman–Crippen MR) is 75.7 cm³/mol. The molecular formula is C14H17N3O3. The molecule has 0 radical (unpaired) electrons. The van der Waals surface area contributed by atoms with E-state index in [0.717, 1.165) is 6.42 Å². The SMILES string of the molecule is CC1(C)CCCC1Nc1nc2cc([N+](=O)[O-])ccc2o1. The Morgan fingerprint density at radius 2 is 2.30 bits per heavy atom. The molecule has 1 fully saturated rings. The number of benzene rings is 1. The van der Waals surface area contributed by atoms with Crippen LogP contribution in [0.25, 0.3) is 11.1 Å². The molecule has 1 atom stereocenters. The third-order valence-corrected chi connectivity index (χ3v) is 4.14. The second kappa shape index (κ2) is 4.47. The van der Waals surface area contributed by atoms with Crippen molar-refractivity contribution in [2.75, 3.05) is 5.32 Å². The van der Waals surface area contributed by atoms with E-state index in [1.54, 1.807) is 6.07 Å². The molecule has 1 saturated carbocycles. The lowest BCUT2D eigenvalue weighted by Gasteiger charge is -2.26. The first kappa shape index (κ1) is 12.9. The molecule has 0 bridgehead atoms. The van der Waals surface area contributed by atoms with Gasteiger partial charge in [0.2, 0.25) is 0 Å². The molecule has 106 valence electrons. The Kier molecular flexibility index (Phi) is 2.88. The molecule has 6 nitrogen and oxygen atoms in total. The Balaban J connectivity index is 1.88. The van der Waals surface area contributed by atoms with Gasteiger partial charge in [0.25, 0.3) is 11.7 Å². The van der Waals surface area contributed by atoms with Crippen LogP contribution < -0.4 is 5.32 Å². The van der Waals surface area contributed by atoms with Crippen LogP contribution in [0.3, 0.4) is 0 Å². The number of nitro benzene ring substituents is 1. The standard InChI is InChI=1S/C14H17N3O3/c1-14(2)7-3-4-12(14)16-13-15-10-8-9(17(18)19)5-6-11(10)20-13/h5-6,8,12H,3-4,7H2,1-2H3,(H,15,16). The fourth-order valence-corrected chi connectivity index (χ4v) is 2.83. The summed E-state index contributed by atoms with van der Waals surface area (Å²) in [6.45, 7) is 4.45.